The number of carbonyl (C=O) groups is 2. The van der Waals surface area contributed by atoms with Crippen LogP contribution in [-0.2, 0) is 4.79 Å². The number of aromatic nitrogens is 2. The van der Waals surface area contributed by atoms with Gasteiger partial charge in [-0.3, -0.25) is 9.59 Å². The van der Waals surface area contributed by atoms with Gasteiger partial charge < -0.3 is 18.9 Å². The molecule has 148 valence electrons. The van der Waals surface area contributed by atoms with Gasteiger partial charge in [-0.2, -0.15) is 4.98 Å². The summed E-state index contributed by atoms with van der Waals surface area (Å²) in [5.74, 6) is 2.38. The SMILES string of the molecule is Cc1noc(C2CCCN(C(=O)CCC(=O)c3ccc4c(c3)OCCO4)C2)n1. The Kier molecular flexibility index (Phi) is 5.27. The standard InChI is InChI=1S/C20H23N3O5/c1-13-21-20(28-22-13)15-3-2-8-23(12-15)19(25)7-5-16(24)14-4-6-17-18(11-14)27-10-9-26-17/h4,6,11,15H,2-3,5,7-10,12H2,1H3. The zero-order chi connectivity index (χ0) is 19.5. The molecule has 1 unspecified atom stereocenters. The van der Waals surface area contributed by atoms with Crippen molar-refractivity contribution in [1.29, 1.82) is 0 Å². The van der Waals surface area contributed by atoms with Gasteiger partial charge in [-0.1, -0.05) is 5.16 Å². The third kappa shape index (κ3) is 4.00. The summed E-state index contributed by atoms with van der Waals surface area (Å²) in [7, 11) is 0. The first-order valence-electron chi connectivity index (χ1n) is 9.61. The Balaban J connectivity index is 1.33. The van der Waals surface area contributed by atoms with E-state index >= 15 is 0 Å². The summed E-state index contributed by atoms with van der Waals surface area (Å²) in [5.41, 5.74) is 0.537. The first-order chi connectivity index (χ1) is 13.6. The molecular formula is C20H23N3O5. The van der Waals surface area contributed by atoms with Gasteiger partial charge in [-0.25, -0.2) is 0 Å². The molecule has 0 bridgehead atoms. The number of Topliss-reactive ketones (excluding diaryl/α,β-unsaturated/α-hetero) is 1. The van der Waals surface area contributed by atoms with Crippen LogP contribution in [0.4, 0.5) is 0 Å². The molecule has 0 aliphatic carbocycles. The number of amides is 1. The zero-order valence-electron chi connectivity index (χ0n) is 15.8. The van der Waals surface area contributed by atoms with Crippen molar-refractivity contribution in [1.82, 2.24) is 15.0 Å². The van der Waals surface area contributed by atoms with Crippen molar-refractivity contribution in [3.63, 3.8) is 0 Å². The maximum atomic E-state index is 12.6. The van der Waals surface area contributed by atoms with E-state index in [9.17, 15) is 9.59 Å². The molecule has 0 spiro atoms. The largest absolute Gasteiger partial charge is 0.486 e. The number of nitrogens with zero attached hydrogens (tertiary/aromatic N) is 3. The lowest BCUT2D eigenvalue weighted by Crippen LogP contribution is -2.39. The highest BCUT2D eigenvalue weighted by Crippen LogP contribution is 2.31. The maximum absolute atomic E-state index is 12.6. The number of ketones is 1. The van der Waals surface area contributed by atoms with E-state index in [0.717, 1.165) is 12.8 Å². The van der Waals surface area contributed by atoms with E-state index < -0.39 is 0 Å². The zero-order valence-corrected chi connectivity index (χ0v) is 15.8. The van der Waals surface area contributed by atoms with Crippen molar-refractivity contribution in [2.45, 2.75) is 38.5 Å². The molecule has 0 radical (unpaired) electrons. The van der Waals surface area contributed by atoms with Gasteiger partial charge in [0, 0.05) is 31.5 Å². The van der Waals surface area contributed by atoms with Crippen LogP contribution in [0.25, 0.3) is 0 Å². The van der Waals surface area contributed by atoms with Crippen molar-refractivity contribution in [2.75, 3.05) is 26.3 Å². The molecule has 0 saturated carbocycles. The number of ether oxygens (including phenoxy) is 2. The smallest absolute Gasteiger partial charge is 0.231 e. The number of rotatable bonds is 5. The number of aryl methyl sites for hydroxylation is 1. The van der Waals surface area contributed by atoms with Crippen LogP contribution in [0.3, 0.4) is 0 Å². The molecule has 2 aliphatic rings. The first-order valence-corrected chi connectivity index (χ1v) is 9.61. The van der Waals surface area contributed by atoms with Gasteiger partial charge in [0.05, 0.1) is 5.92 Å². The molecule has 4 rings (SSSR count). The third-order valence-electron chi connectivity index (χ3n) is 5.10. The number of benzene rings is 1. The monoisotopic (exact) mass is 385 g/mol. The summed E-state index contributed by atoms with van der Waals surface area (Å²) in [4.78, 5) is 31.2. The minimum absolute atomic E-state index is 0.0215. The van der Waals surface area contributed by atoms with Crippen LogP contribution in [0.15, 0.2) is 22.7 Å². The molecule has 1 aromatic carbocycles. The quantitative estimate of drug-likeness (QED) is 0.730. The van der Waals surface area contributed by atoms with Crippen LogP contribution in [0.5, 0.6) is 11.5 Å². The predicted molar refractivity (Wildman–Crippen MR) is 98.6 cm³/mol. The second-order valence-electron chi connectivity index (χ2n) is 7.14. The normalized spacial score (nSPS) is 18.8. The summed E-state index contributed by atoms with van der Waals surface area (Å²) >= 11 is 0. The fourth-order valence-corrected chi connectivity index (χ4v) is 3.62. The molecule has 1 saturated heterocycles. The fraction of sp³-hybridized carbons (Fsp3) is 0.500. The Bertz CT molecular complexity index is 878. The number of hydrogen-bond acceptors (Lipinski definition) is 7. The second kappa shape index (κ2) is 8.00. The predicted octanol–water partition coefficient (Wildman–Crippen LogP) is 2.52. The number of carbonyl (C=O) groups excluding carboxylic acids is 2. The van der Waals surface area contributed by atoms with E-state index in [1.165, 1.54) is 0 Å². The minimum atomic E-state index is -0.0774. The van der Waals surface area contributed by atoms with Crippen molar-refractivity contribution in [3.8, 4) is 11.5 Å². The van der Waals surface area contributed by atoms with Crippen LogP contribution >= 0.6 is 0 Å². The molecule has 0 N–H and O–H groups in total. The Morgan fingerprint density at radius 3 is 2.79 bits per heavy atom. The fourth-order valence-electron chi connectivity index (χ4n) is 3.62. The van der Waals surface area contributed by atoms with E-state index in [-0.39, 0.29) is 30.4 Å². The van der Waals surface area contributed by atoms with E-state index in [0.29, 0.717) is 55.1 Å². The van der Waals surface area contributed by atoms with Crippen LogP contribution in [0.2, 0.25) is 0 Å². The molecule has 3 heterocycles. The lowest BCUT2D eigenvalue weighted by molar-refractivity contribution is -0.132. The van der Waals surface area contributed by atoms with E-state index in [1.807, 2.05) is 0 Å². The molecule has 1 atom stereocenters. The van der Waals surface area contributed by atoms with Gasteiger partial charge in [0.15, 0.2) is 23.1 Å². The maximum Gasteiger partial charge on any atom is 0.231 e. The van der Waals surface area contributed by atoms with E-state index in [1.54, 1.807) is 30.0 Å². The van der Waals surface area contributed by atoms with Gasteiger partial charge in [0.2, 0.25) is 11.8 Å². The van der Waals surface area contributed by atoms with Gasteiger partial charge in [0.25, 0.3) is 0 Å². The highest BCUT2D eigenvalue weighted by molar-refractivity contribution is 5.98. The average molecular weight is 385 g/mol. The molecular weight excluding hydrogens is 362 g/mol. The highest BCUT2D eigenvalue weighted by Gasteiger charge is 2.28. The minimum Gasteiger partial charge on any atom is -0.486 e. The van der Waals surface area contributed by atoms with Crippen molar-refractivity contribution < 1.29 is 23.6 Å². The van der Waals surface area contributed by atoms with E-state index in [4.69, 9.17) is 14.0 Å². The lowest BCUT2D eigenvalue weighted by Gasteiger charge is -2.31. The first kappa shape index (κ1) is 18.5. The topological polar surface area (TPSA) is 94.8 Å². The number of piperidine rings is 1. The van der Waals surface area contributed by atoms with Crippen LogP contribution in [-0.4, -0.2) is 53.0 Å². The van der Waals surface area contributed by atoms with Crippen molar-refractivity contribution in [3.05, 3.63) is 35.5 Å². The highest BCUT2D eigenvalue weighted by atomic mass is 16.6. The molecule has 1 aromatic heterocycles. The van der Waals surface area contributed by atoms with E-state index in [2.05, 4.69) is 10.1 Å². The number of fused-ring (bicyclic) bond motifs is 1. The molecule has 8 heteroatoms. The Labute approximate surface area is 162 Å². The summed E-state index contributed by atoms with van der Waals surface area (Å²) in [6, 6.07) is 5.15. The molecule has 2 aliphatic heterocycles. The van der Waals surface area contributed by atoms with Crippen molar-refractivity contribution >= 4 is 11.7 Å². The van der Waals surface area contributed by atoms with Gasteiger partial charge >= 0.3 is 0 Å². The molecule has 1 amide bonds. The lowest BCUT2D eigenvalue weighted by atomic mass is 9.97. The molecule has 8 nitrogen and oxygen atoms in total. The molecule has 1 fully saturated rings. The summed E-state index contributed by atoms with van der Waals surface area (Å²) in [5, 5.41) is 3.83. The Morgan fingerprint density at radius 1 is 1.18 bits per heavy atom. The summed E-state index contributed by atoms with van der Waals surface area (Å²) < 4.78 is 16.2. The van der Waals surface area contributed by atoms with Crippen LogP contribution in [0, 0.1) is 6.92 Å². The molecule has 2 aromatic rings. The average Bonchev–Trinajstić information content (AvgIpc) is 3.18. The Hall–Kier alpha value is -2.90. The van der Waals surface area contributed by atoms with Gasteiger partial charge in [-0.05, 0) is 38.0 Å². The number of likely N-dealkylation sites (tertiary alicyclic amines) is 1. The van der Waals surface area contributed by atoms with Crippen molar-refractivity contribution in [2.24, 2.45) is 0 Å². The number of hydrogen-bond donors (Lipinski definition) is 0. The summed E-state index contributed by atoms with van der Waals surface area (Å²) in [6.07, 6.45) is 2.15. The third-order valence-corrected chi connectivity index (χ3v) is 5.10. The Morgan fingerprint density at radius 2 is 2.00 bits per heavy atom. The van der Waals surface area contributed by atoms with Crippen LogP contribution in [0.1, 0.15) is 53.7 Å². The summed E-state index contributed by atoms with van der Waals surface area (Å²) in [6.45, 7) is 4.01. The van der Waals surface area contributed by atoms with Crippen LogP contribution < -0.4 is 9.47 Å². The molecule has 28 heavy (non-hydrogen) atoms. The second-order valence-corrected chi connectivity index (χ2v) is 7.14. The van der Waals surface area contributed by atoms with Gasteiger partial charge in [0.1, 0.15) is 13.2 Å². The van der Waals surface area contributed by atoms with Gasteiger partial charge in [-0.15, -0.1) is 0 Å².